The largest absolute Gasteiger partial charge is 0.394 e. The highest BCUT2D eigenvalue weighted by atomic mass is 79.9. The zero-order chi connectivity index (χ0) is 22.7. The van der Waals surface area contributed by atoms with Gasteiger partial charge in [0.1, 0.15) is 6.04 Å². The number of anilines is 1. The number of aliphatic hydroxyl groups excluding tert-OH is 1. The van der Waals surface area contributed by atoms with Gasteiger partial charge >= 0.3 is 0 Å². The molecule has 1 aromatic rings. The molecule has 0 radical (unpaired) electrons. The first-order chi connectivity index (χ1) is 14.7. The zero-order valence-electron chi connectivity index (χ0n) is 18.0. The molecule has 3 amide bonds. The molecule has 3 unspecified atom stereocenters. The van der Waals surface area contributed by atoms with E-state index in [1.54, 1.807) is 25.7 Å². The molecule has 7 nitrogen and oxygen atoms in total. The normalized spacial score (nSPS) is 34.6. The molecule has 3 fully saturated rings. The van der Waals surface area contributed by atoms with Crippen LogP contribution in [0.1, 0.15) is 24.5 Å². The van der Waals surface area contributed by atoms with Crippen LogP contribution >= 0.6 is 27.7 Å². The monoisotopic (exact) mass is 509 g/mol. The molecule has 3 N–H and O–H groups in total. The van der Waals surface area contributed by atoms with Gasteiger partial charge in [0.05, 0.1) is 29.2 Å². The van der Waals surface area contributed by atoms with Crippen molar-refractivity contribution >= 4 is 51.1 Å². The fraction of sp³-hybridized carbons (Fsp3) is 0.591. The number of para-hydroxylation sites is 1. The minimum absolute atomic E-state index is 0.0312. The maximum absolute atomic E-state index is 13.8. The van der Waals surface area contributed by atoms with Crippen molar-refractivity contribution in [3.63, 3.8) is 0 Å². The Labute approximate surface area is 194 Å². The molecule has 0 saturated carbocycles. The average molecular weight is 510 g/mol. The number of nitrogens with zero attached hydrogens (tertiary/aromatic N) is 1. The molecule has 168 valence electrons. The molecule has 9 heteroatoms. The molecule has 3 saturated heterocycles. The van der Waals surface area contributed by atoms with Crippen molar-refractivity contribution < 1.29 is 19.5 Å². The van der Waals surface area contributed by atoms with Crippen molar-refractivity contribution in [1.29, 1.82) is 0 Å². The number of benzene rings is 1. The van der Waals surface area contributed by atoms with E-state index in [1.807, 2.05) is 32.0 Å². The second kappa shape index (κ2) is 8.08. The molecule has 1 aromatic carbocycles. The number of aliphatic hydroxyl groups is 1. The topological polar surface area (TPSA) is 98.7 Å². The molecule has 4 rings (SSSR count). The Balaban J connectivity index is 1.78. The number of nitrogens with one attached hydrogen (secondary N) is 2. The summed E-state index contributed by atoms with van der Waals surface area (Å²) in [6.07, 6.45) is 0.617. The molecule has 2 bridgehead atoms. The maximum atomic E-state index is 13.8. The summed E-state index contributed by atoms with van der Waals surface area (Å²) in [5, 5.41) is 15.6. The van der Waals surface area contributed by atoms with Crippen LogP contribution in [-0.2, 0) is 14.4 Å². The van der Waals surface area contributed by atoms with Gasteiger partial charge in [-0.15, -0.1) is 11.8 Å². The number of aryl methyl sites for hydroxylation is 2. The number of amides is 3. The van der Waals surface area contributed by atoms with E-state index >= 15 is 0 Å². The predicted octanol–water partition coefficient (Wildman–Crippen LogP) is 1.83. The van der Waals surface area contributed by atoms with Crippen molar-refractivity contribution in [1.82, 2.24) is 10.2 Å². The first kappa shape index (κ1) is 22.6. The fourth-order valence-corrected chi connectivity index (χ4v) is 9.20. The highest BCUT2D eigenvalue weighted by Crippen LogP contribution is 2.68. The number of halogens is 1. The van der Waals surface area contributed by atoms with Gasteiger partial charge in [0.2, 0.25) is 17.7 Å². The van der Waals surface area contributed by atoms with Crippen molar-refractivity contribution in [3.05, 3.63) is 29.3 Å². The summed E-state index contributed by atoms with van der Waals surface area (Å²) in [7, 11) is 1.58. The maximum Gasteiger partial charge on any atom is 0.248 e. The van der Waals surface area contributed by atoms with Crippen LogP contribution in [0.3, 0.4) is 0 Å². The number of thioether (sulfide) groups is 1. The van der Waals surface area contributed by atoms with E-state index in [1.165, 1.54) is 4.90 Å². The number of likely N-dealkylation sites (tertiary alicyclic amines) is 1. The van der Waals surface area contributed by atoms with Crippen LogP contribution in [0.5, 0.6) is 0 Å². The second-order valence-electron chi connectivity index (χ2n) is 8.81. The summed E-state index contributed by atoms with van der Waals surface area (Å²) in [4.78, 5) is 41.7. The minimum atomic E-state index is -0.768. The number of hydrogen-bond acceptors (Lipinski definition) is 5. The Bertz CT molecular complexity index is 923. The molecule has 7 atom stereocenters. The Morgan fingerprint density at radius 1 is 1.32 bits per heavy atom. The molecular formula is C22H28BrN3O4S. The van der Waals surface area contributed by atoms with E-state index in [4.69, 9.17) is 0 Å². The van der Waals surface area contributed by atoms with E-state index in [0.29, 0.717) is 6.42 Å². The highest BCUT2D eigenvalue weighted by Gasteiger charge is 2.75. The van der Waals surface area contributed by atoms with Gasteiger partial charge in [-0.2, -0.15) is 0 Å². The van der Waals surface area contributed by atoms with Crippen molar-refractivity contribution in [3.8, 4) is 0 Å². The van der Waals surface area contributed by atoms with Gasteiger partial charge in [-0.1, -0.05) is 34.1 Å². The molecule has 3 aliphatic heterocycles. The molecule has 3 aliphatic rings. The SMILES string of the molecule is CNC(=O)[C@H]1[C@H]2C(=O)N([C@H](C)CO)C(C(=O)Nc3c(C)cccc3C)C23CC(Br)[C@@H]1S3. The van der Waals surface area contributed by atoms with Crippen molar-refractivity contribution in [2.75, 3.05) is 19.0 Å². The predicted molar refractivity (Wildman–Crippen MR) is 124 cm³/mol. The van der Waals surface area contributed by atoms with Crippen molar-refractivity contribution in [2.45, 2.75) is 54.1 Å². The number of carbonyl (C=O) groups is 3. The Hall–Kier alpha value is -1.58. The van der Waals surface area contributed by atoms with Gasteiger partial charge in [-0.05, 0) is 38.3 Å². The van der Waals surface area contributed by atoms with Crippen LogP contribution in [-0.4, -0.2) is 68.3 Å². The number of carbonyl (C=O) groups excluding carboxylic acids is 3. The van der Waals surface area contributed by atoms with Gasteiger partial charge in [0.25, 0.3) is 0 Å². The van der Waals surface area contributed by atoms with E-state index in [2.05, 4.69) is 26.6 Å². The van der Waals surface area contributed by atoms with Crippen LogP contribution in [0.2, 0.25) is 0 Å². The van der Waals surface area contributed by atoms with Crippen LogP contribution in [0.15, 0.2) is 18.2 Å². The number of rotatable bonds is 5. The number of alkyl halides is 1. The summed E-state index contributed by atoms with van der Waals surface area (Å²) < 4.78 is -0.711. The summed E-state index contributed by atoms with van der Waals surface area (Å²) in [6.45, 7) is 5.36. The van der Waals surface area contributed by atoms with Gasteiger partial charge in [0, 0.05) is 22.8 Å². The lowest BCUT2D eigenvalue weighted by Gasteiger charge is -2.36. The summed E-state index contributed by atoms with van der Waals surface area (Å²) in [6, 6.07) is 4.51. The molecule has 0 aliphatic carbocycles. The second-order valence-corrected chi connectivity index (χ2v) is 11.5. The highest BCUT2D eigenvalue weighted by molar-refractivity contribution is 9.09. The van der Waals surface area contributed by atoms with Gasteiger partial charge in [-0.25, -0.2) is 0 Å². The first-order valence-corrected chi connectivity index (χ1v) is 12.3. The van der Waals surface area contributed by atoms with E-state index < -0.39 is 28.7 Å². The number of hydrogen-bond donors (Lipinski definition) is 3. The van der Waals surface area contributed by atoms with Crippen LogP contribution < -0.4 is 10.6 Å². The van der Waals surface area contributed by atoms with Crippen LogP contribution in [0.4, 0.5) is 5.69 Å². The smallest absolute Gasteiger partial charge is 0.248 e. The van der Waals surface area contributed by atoms with Gasteiger partial charge in [-0.3, -0.25) is 14.4 Å². The van der Waals surface area contributed by atoms with Gasteiger partial charge < -0.3 is 20.6 Å². The Morgan fingerprint density at radius 3 is 2.55 bits per heavy atom. The Morgan fingerprint density at radius 2 is 1.97 bits per heavy atom. The van der Waals surface area contributed by atoms with Crippen LogP contribution in [0, 0.1) is 25.7 Å². The van der Waals surface area contributed by atoms with E-state index in [9.17, 15) is 19.5 Å². The summed E-state index contributed by atoms with van der Waals surface area (Å²) >= 11 is 5.30. The van der Waals surface area contributed by atoms with E-state index in [0.717, 1.165) is 16.8 Å². The molecule has 31 heavy (non-hydrogen) atoms. The molecule has 3 heterocycles. The van der Waals surface area contributed by atoms with E-state index in [-0.39, 0.29) is 34.4 Å². The average Bonchev–Trinajstić information content (AvgIpc) is 3.33. The standard InChI is InChI=1S/C22H28BrN3O4S/c1-10-6-5-7-11(2)16(10)25-20(29)18-22-8-13(23)17(31-22)14(19(28)24-4)15(22)21(30)26(18)12(3)9-27/h5-7,12-15,17-18,27H,8-9H2,1-4H3,(H,24,28)(H,25,29)/t12-,13?,14+,15+,17+,18?,22?/m1/s1. The summed E-state index contributed by atoms with van der Waals surface area (Å²) in [5.41, 5.74) is 2.63. The Kier molecular flexibility index (Phi) is 5.89. The molecule has 1 spiro atoms. The van der Waals surface area contributed by atoms with Crippen LogP contribution in [0.25, 0.3) is 0 Å². The van der Waals surface area contributed by atoms with Crippen molar-refractivity contribution in [2.24, 2.45) is 11.8 Å². The lowest BCUT2D eigenvalue weighted by atomic mass is 9.70. The third-order valence-corrected chi connectivity index (χ3v) is 10.2. The third kappa shape index (κ3) is 3.23. The molecule has 0 aromatic heterocycles. The fourth-order valence-electron chi connectivity index (χ4n) is 5.60. The lowest BCUT2D eigenvalue weighted by molar-refractivity contribution is -0.141. The quantitative estimate of drug-likeness (QED) is 0.526. The zero-order valence-corrected chi connectivity index (χ0v) is 20.4. The summed E-state index contributed by atoms with van der Waals surface area (Å²) in [5.74, 6) is -1.74. The lowest BCUT2D eigenvalue weighted by Crippen LogP contribution is -2.55. The minimum Gasteiger partial charge on any atom is -0.394 e. The first-order valence-electron chi connectivity index (χ1n) is 10.5. The third-order valence-electron chi connectivity index (χ3n) is 6.99. The van der Waals surface area contributed by atoms with Gasteiger partial charge in [0.15, 0.2) is 0 Å². The number of fused-ring (bicyclic) bond motifs is 1. The molecular weight excluding hydrogens is 482 g/mol.